The minimum atomic E-state index is -0.630. The number of hydrogen-bond acceptors (Lipinski definition) is 2. The first-order chi connectivity index (χ1) is 8.99. The van der Waals surface area contributed by atoms with Crippen LogP contribution in [0.5, 0.6) is 0 Å². The Hall–Kier alpha value is -1.95. The fourth-order valence-electron chi connectivity index (χ4n) is 1.50. The summed E-state index contributed by atoms with van der Waals surface area (Å²) in [6, 6.07) is 7.85. The van der Waals surface area contributed by atoms with Crippen molar-refractivity contribution in [1.82, 2.24) is 0 Å². The van der Waals surface area contributed by atoms with E-state index in [4.69, 9.17) is 5.73 Å². The maximum atomic E-state index is 13.5. The molecule has 3 nitrogen and oxygen atoms in total. The molecule has 0 unspecified atom stereocenters. The Labute approximate surface area is 116 Å². The number of rotatable bonds is 2. The van der Waals surface area contributed by atoms with E-state index in [0.29, 0.717) is 0 Å². The summed E-state index contributed by atoms with van der Waals surface area (Å²) < 4.78 is 26.7. The summed E-state index contributed by atoms with van der Waals surface area (Å²) in [7, 11) is 0. The van der Waals surface area contributed by atoms with E-state index in [1.807, 2.05) is 0 Å². The van der Waals surface area contributed by atoms with E-state index in [9.17, 15) is 13.6 Å². The third-order valence-electron chi connectivity index (χ3n) is 2.47. The number of halogens is 3. The number of carbonyl (C=O) groups excluding carboxylic acids is 1. The highest BCUT2D eigenvalue weighted by molar-refractivity contribution is 9.10. The second kappa shape index (κ2) is 5.36. The van der Waals surface area contributed by atoms with Gasteiger partial charge in [0.25, 0.3) is 5.91 Å². The van der Waals surface area contributed by atoms with Crippen LogP contribution in [-0.2, 0) is 0 Å². The normalized spacial score (nSPS) is 10.3. The second-order valence-electron chi connectivity index (χ2n) is 3.79. The quantitative estimate of drug-likeness (QED) is 0.829. The number of nitrogen functional groups attached to an aromatic ring is 1. The molecule has 0 bridgehead atoms. The fraction of sp³-hybridized carbons (Fsp3) is 0. The van der Waals surface area contributed by atoms with Crippen molar-refractivity contribution in [2.24, 2.45) is 0 Å². The summed E-state index contributed by atoms with van der Waals surface area (Å²) >= 11 is 2.97. The summed E-state index contributed by atoms with van der Waals surface area (Å²) in [5.41, 5.74) is 5.80. The minimum Gasteiger partial charge on any atom is -0.397 e. The Bertz CT molecular complexity index is 626. The highest BCUT2D eigenvalue weighted by Crippen LogP contribution is 2.23. The molecular formula is C13H9BrF2N2O. The summed E-state index contributed by atoms with van der Waals surface area (Å²) in [6.45, 7) is 0. The molecule has 19 heavy (non-hydrogen) atoms. The minimum absolute atomic E-state index is 0.0899. The highest BCUT2D eigenvalue weighted by Gasteiger charge is 2.13. The Morgan fingerprint density at radius 2 is 1.89 bits per heavy atom. The van der Waals surface area contributed by atoms with Gasteiger partial charge in [0, 0.05) is 5.56 Å². The second-order valence-corrected chi connectivity index (χ2v) is 4.64. The van der Waals surface area contributed by atoms with Crippen molar-refractivity contribution >= 4 is 33.2 Å². The molecule has 0 saturated carbocycles. The van der Waals surface area contributed by atoms with Crippen LogP contribution in [0.1, 0.15) is 10.4 Å². The number of nitrogens with one attached hydrogen (secondary N) is 1. The number of anilines is 2. The van der Waals surface area contributed by atoms with E-state index in [1.54, 1.807) is 0 Å². The van der Waals surface area contributed by atoms with Gasteiger partial charge in [0.2, 0.25) is 0 Å². The van der Waals surface area contributed by atoms with Gasteiger partial charge in [0.05, 0.1) is 10.2 Å². The summed E-state index contributed by atoms with van der Waals surface area (Å²) in [4.78, 5) is 11.9. The van der Waals surface area contributed by atoms with Crippen LogP contribution in [0.2, 0.25) is 0 Å². The molecule has 0 aliphatic rings. The maximum Gasteiger partial charge on any atom is 0.255 e. The first-order valence-corrected chi connectivity index (χ1v) is 6.08. The smallest absolute Gasteiger partial charge is 0.255 e. The molecule has 0 saturated heterocycles. The monoisotopic (exact) mass is 326 g/mol. The van der Waals surface area contributed by atoms with Crippen LogP contribution >= 0.6 is 15.9 Å². The molecular weight excluding hydrogens is 318 g/mol. The number of hydrogen-bond donors (Lipinski definition) is 2. The lowest BCUT2D eigenvalue weighted by Crippen LogP contribution is -2.14. The highest BCUT2D eigenvalue weighted by atomic mass is 79.9. The van der Waals surface area contributed by atoms with Crippen LogP contribution < -0.4 is 11.1 Å². The van der Waals surface area contributed by atoms with Gasteiger partial charge >= 0.3 is 0 Å². The van der Waals surface area contributed by atoms with Crippen molar-refractivity contribution in [3.63, 3.8) is 0 Å². The third-order valence-corrected chi connectivity index (χ3v) is 3.07. The Morgan fingerprint density at radius 1 is 1.16 bits per heavy atom. The third kappa shape index (κ3) is 2.90. The van der Waals surface area contributed by atoms with Gasteiger partial charge in [0.15, 0.2) is 0 Å². The molecule has 1 amide bonds. The molecule has 0 heterocycles. The molecule has 3 N–H and O–H groups in total. The first-order valence-electron chi connectivity index (χ1n) is 5.29. The number of carbonyl (C=O) groups is 1. The fourth-order valence-corrected chi connectivity index (χ4v) is 1.87. The van der Waals surface area contributed by atoms with Gasteiger partial charge in [-0.2, -0.15) is 0 Å². The van der Waals surface area contributed by atoms with Crippen LogP contribution in [-0.4, -0.2) is 5.91 Å². The molecule has 2 aromatic carbocycles. The van der Waals surface area contributed by atoms with E-state index in [1.165, 1.54) is 30.3 Å². The van der Waals surface area contributed by atoms with Gasteiger partial charge in [-0.25, -0.2) is 8.78 Å². The molecule has 0 aliphatic heterocycles. The zero-order valence-electron chi connectivity index (χ0n) is 9.58. The van der Waals surface area contributed by atoms with E-state index >= 15 is 0 Å². The van der Waals surface area contributed by atoms with Crippen LogP contribution in [0.3, 0.4) is 0 Å². The maximum absolute atomic E-state index is 13.5. The average Bonchev–Trinajstić information content (AvgIpc) is 2.37. The molecule has 0 aromatic heterocycles. The van der Waals surface area contributed by atoms with Crippen LogP contribution in [0, 0.1) is 11.6 Å². The van der Waals surface area contributed by atoms with Gasteiger partial charge in [-0.05, 0) is 46.3 Å². The van der Waals surface area contributed by atoms with Gasteiger partial charge in [-0.1, -0.05) is 6.07 Å². The number of benzene rings is 2. The zero-order chi connectivity index (χ0) is 14.0. The van der Waals surface area contributed by atoms with Gasteiger partial charge in [-0.15, -0.1) is 0 Å². The predicted molar refractivity (Wildman–Crippen MR) is 72.9 cm³/mol. The molecule has 0 spiro atoms. The van der Waals surface area contributed by atoms with Crippen molar-refractivity contribution in [1.29, 1.82) is 0 Å². The van der Waals surface area contributed by atoms with Gasteiger partial charge in [0.1, 0.15) is 17.3 Å². The van der Waals surface area contributed by atoms with Gasteiger partial charge in [-0.3, -0.25) is 4.79 Å². The Morgan fingerprint density at radius 3 is 2.53 bits per heavy atom. The molecule has 2 aromatic rings. The number of amides is 1. The van der Waals surface area contributed by atoms with Crippen molar-refractivity contribution in [2.45, 2.75) is 0 Å². The van der Waals surface area contributed by atoms with Crippen LogP contribution in [0.15, 0.2) is 40.9 Å². The van der Waals surface area contributed by atoms with Crippen molar-refractivity contribution in [3.05, 3.63) is 58.1 Å². The molecule has 2 rings (SSSR count). The lowest BCUT2D eigenvalue weighted by Gasteiger charge is -2.09. The zero-order valence-corrected chi connectivity index (χ0v) is 11.2. The average molecular weight is 327 g/mol. The Kier molecular flexibility index (Phi) is 3.80. The van der Waals surface area contributed by atoms with Crippen LogP contribution in [0.25, 0.3) is 0 Å². The lowest BCUT2D eigenvalue weighted by atomic mass is 10.2. The van der Waals surface area contributed by atoms with Crippen molar-refractivity contribution in [3.8, 4) is 0 Å². The standard InChI is InChI=1S/C13H9BrF2N2O/c14-8-6-7(4-5-9(8)15)13(19)18-12-10(16)2-1-3-11(12)17/h1-6H,17H2,(H,18,19). The van der Waals surface area contributed by atoms with Crippen molar-refractivity contribution in [2.75, 3.05) is 11.1 Å². The van der Waals surface area contributed by atoms with E-state index in [0.717, 1.165) is 6.07 Å². The largest absolute Gasteiger partial charge is 0.397 e. The molecule has 0 atom stereocenters. The summed E-state index contributed by atoms with van der Waals surface area (Å²) in [5.74, 6) is -1.69. The summed E-state index contributed by atoms with van der Waals surface area (Å²) in [5, 5.41) is 2.36. The van der Waals surface area contributed by atoms with E-state index in [-0.39, 0.29) is 21.4 Å². The summed E-state index contributed by atoms with van der Waals surface area (Å²) in [6.07, 6.45) is 0. The molecule has 98 valence electrons. The first kappa shape index (κ1) is 13.5. The van der Waals surface area contributed by atoms with Gasteiger partial charge < -0.3 is 11.1 Å². The van der Waals surface area contributed by atoms with E-state index < -0.39 is 17.5 Å². The predicted octanol–water partition coefficient (Wildman–Crippen LogP) is 3.56. The van der Waals surface area contributed by atoms with Crippen molar-refractivity contribution < 1.29 is 13.6 Å². The number of nitrogens with two attached hydrogens (primary N) is 1. The molecule has 6 heteroatoms. The Balaban J connectivity index is 2.28. The molecule has 0 radical (unpaired) electrons. The molecule has 0 aliphatic carbocycles. The van der Waals surface area contributed by atoms with Crippen LogP contribution in [0.4, 0.5) is 20.2 Å². The number of para-hydroxylation sites is 1. The molecule has 0 fully saturated rings. The topological polar surface area (TPSA) is 55.1 Å². The lowest BCUT2D eigenvalue weighted by molar-refractivity contribution is 0.102. The van der Waals surface area contributed by atoms with E-state index in [2.05, 4.69) is 21.2 Å². The SMILES string of the molecule is Nc1cccc(F)c1NC(=O)c1ccc(F)c(Br)c1.